The predicted octanol–water partition coefficient (Wildman–Crippen LogP) is 3.33. The number of ketones is 1. The number of hydrogen-bond donors (Lipinski definition) is 0. The van der Waals surface area contributed by atoms with Crippen LogP contribution in [0.5, 0.6) is 0 Å². The Morgan fingerprint density at radius 1 is 1.25 bits per heavy atom. The van der Waals surface area contributed by atoms with Crippen LogP contribution in [0, 0.1) is 0 Å². The average molecular weight is 348 g/mol. The van der Waals surface area contributed by atoms with Gasteiger partial charge in [0.2, 0.25) is 0 Å². The van der Waals surface area contributed by atoms with Gasteiger partial charge in [0.15, 0.2) is 5.78 Å². The van der Waals surface area contributed by atoms with E-state index >= 15 is 0 Å². The number of rotatable bonds is 6. The number of hydrogen-bond acceptors (Lipinski definition) is 7. The fourth-order valence-corrected chi connectivity index (χ4v) is 2.80. The standard InChI is InChI=1S/C17H16O6S/c1-4-22-16(19)13(10(2)18)9-11-5-6-14(23-11)12-7-8-24-15(12)17(20)21-3/h5-9H,4H2,1-3H3. The highest BCUT2D eigenvalue weighted by atomic mass is 32.1. The van der Waals surface area contributed by atoms with Crippen LogP contribution in [0.1, 0.15) is 29.3 Å². The van der Waals surface area contributed by atoms with E-state index in [1.807, 2.05) is 0 Å². The second-order valence-electron chi connectivity index (χ2n) is 4.69. The second kappa shape index (κ2) is 7.74. The number of Topliss-reactive ketones (excluding diaryl/α,β-unsaturated/α-hetero) is 1. The van der Waals surface area contributed by atoms with Crippen LogP contribution in [0.15, 0.2) is 33.6 Å². The van der Waals surface area contributed by atoms with Gasteiger partial charge in [-0.25, -0.2) is 9.59 Å². The van der Waals surface area contributed by atoms with Crippen molar-refractivity contribution < 1.29 is 28.3 Å². The highest BCUT2D eigenvalue weighted by Gasteiger charge is 2.19. The summed E-state index contributed by atoms with van der Waals surface area (Å²) in [6.45, 7) is 3.11. The molecule has 0 unspecified atom stereocenters. The molecule has 0 aliphatic rings. The first-order chi connectivity index (χ1) is 11.5. The van der Waals surface area contributed by atoms with E-state index < -0.39 is 17.7 Å². The van der Waals surface area contributed by atoms with Crippen LogP contribution >= 0.6 is 11.3 Å². The third kappa shape index (κ3) is 3.80. The molecule has 0 spiro atoms. The van der Waals surface area contributed by atoms with E-state index in [4.69, 9.17) is 13.9 Å². The third-order valence-corrected chi connectivity index (χ3v) is 3.98. The van der Waals surface area contributed by atoms with Crippen molar-refractivity contribution in [1.82, 2.24) is 0 Å². The van der Waals surface area contributed by atoms with Crippen molar-refractivity contribution >= 4 is 35.1 Å². The summed E-state index contributed by atoms with van der Waals surface area (Å²) in [5, 5.41) is 1.75. The molecule has 0 amide bonds. The molecule has 2 rings (SSSR count). The molecule has 0 saturated heterocycles. The van der Waals surface area contributed by atoms with Crippen molar-refractivity contribution in [3.63, 3.8) is 0 Å². The van der Waals surface area contributed by atoms with Crippen molar-refractivity contribution in [2.24, 2.45) is 0 Å². The molecule has 0 saturated carbocycles. The van der Waals surface area contributed by atoms with E-state index in [1.165, 1.54) is 31.4 Å². The molecule has 2 heterocycles. The van der Waals surface area contributed by atoms with Gasteiger partial charge in [-0.15, -0.1) is 11.3 Å². The van der Waals surface area contributed by atoms with Crippen LogP contribution < -0.4 is 0 Å². The lowest BCUT2D eigenvalue weighted by Crippen LogP contribution is -2.13. The topological polar surface area (TPSA) is 82.8 Å². The Bertz CT molecular complexity index is 796. The number of ether oxygens (including phenoxy) is 2. The van der Waals surface area contributed by atoms with Gasteiger partial charge in [-0.3, -0.25) is 4.79 Å². The monoisotopic (exact) mass is 348 g/mol. The van der Waals surface area contributed by atoms with Crippen LogP contribution in [0.3, 0.4) is 0 Å². The van der Waals surface area contributed by atoms with Gasteiger partial charge < -0.3 is 13.9 Å². The first-order valence-electron chi connectivity index (χ1n) is 7.13. The highest BCUT2D eigenvalue weighted by molar-refractivity contribution is 7.12. The quantitative estimate of drug-likeness (QED) is 0.345. The SMILES string of the molecule is CCOC(=O)C(=Cc1ccc(-c2ccsc2C(=O)OC)o1)C(C)=O. The van der Waals surface area contributed by atoms with Gasteiger partial charge in [0.1, 0.15) is 22.0 Å². The Balaban J connectivity index is 2.35. The zero-order valence-corrected chi connectivity index (χ0v) is 14.3. The maximum atomic E-state index is 11.8. The smallest absolute Gasteiger partial charge is 0.348 e. The minimum Gasteiger partial charge on any atom is -0.465 e. The summed E-state index contributed by atoms with van der Waals surface area (Å²) in [6, 6.07) is 5.00. The molecule has 2 aromatic rings. The van der Waals surface area contributed by atoms with Crippen molar-refractivity contribution in [3.05, 3.63) is 39.8 Å². The lowest BCUT2D eigenvalue weighted by atomic mass is 10.1. The Morgan fingerprint density at radius 3 is 2.62 bits per heavy atom. The van der Waals surface area contributed by atoms with E-state index in [9.17, 15) is 14.4 Å². The molecule has 2 aromatic heterocycles. The molecule has 6 nitrogen and oxygen atoms in total. The van der Waals surface area contributed by atoms with Crippen molar-refractivity contribution in [2.75, 3.05) is 13.7 Å². The van der Waals surface area contributed by atoms with E-state index in [0.717, 1.165) is 0 Å². The zero-order valence-electron chi connectivity index (χ0n) is 13.5. The Labute approximate surface area is 142 Å². The van der Waals surface area contributed by atoms with E-state index in [0.29, 0.717) is 22.0 Å². The fraction of sp³-hybridized carbons (Fsp3) is 0.235. The molecule has 7 heteroatoms. The van der Waals surface area contributed by atoms with Crippen LogP contribution in [-0.4, -0.2) is 31.4 Å². The average Bonchev–Trinajstić information content (AvgIpc) is 3.20. The molecule has 0 atom stereocenters. The van der Waals surface area contributed by atoms with E-state index in [2.05, 4.69) is 0 Å². The Kier molecular flexibility index (Phi) is 5.70. The van der Waals surface area contributed by atoms with Gasteiger partial charge in [0, 0.05) is 5.56 Å². The van der Waals surface area contributed by atoms with Crippen molar-refractivity contribution in [2.45, 2.75) is 13.8 Å². The van der Waals surface area contributed by atoms with Gasteiger partial charge in [-0.2, -0.15) is 0 Å². The molecule has 0 radical (unpaired) electrons. The summed E-state index contributed by atoms with van der Waals surface area (Å²) in [4.78, 5) is 35.6. The molecule has 0 aliphatic heterocycles. The Morgan fingerprint density at radius 2 is 2.00 bits per heavy atom. The first kappa shape index (κ1) is 17.7. The number of methoxy groups -OCH3 is 1. The van der Waals surface area contributed by atoms with Crippen LogP contribution in [0.2, 0.25) is 0 Å². The van der Waals surface area contributed by atoms with Crippen molar-refractivity contribution in [1.29, 1.82) is 0 Å². The summed E-state index contributed by atoms with van der Waals surface area (Å²) < 4.78 is 15.2. The largest absolute Gasteiger partial charge is 0.465 e. The van der Waals surface area contributed by atoms with Crippen LogP contribution in [0.4, 0.5) is 0 Å². The third-order valence-electron chi connectivity index (χ3n) is 3.09. The van der Waals surface area contributed by atoms with Gasteiger partial charge in [0.25, 0.3) is 0 Å². The van der Waals surface area contributed by atoms with Crippen LogP contribution in [0.25, 0.3) is 17.4 Å². The minimum absolute atomic E-state index is 0.101. The minimum atomic E-state index is -0.700. The molecular formula is C17H16O6S. The van der Waals surface area contributed by atoms with Gasteiger partial charge in [-0.1, -0.05) is 0 Å². The summed E-state index contributed by atoms with van der Waals surface area (Å²) in [6.07, 6.45) is 1.33. The lowest BCUT2D eigenvalue weighted by molar-refractivity contribution is -0.139. The zero-order chi connectivity index (χ0) is 17.7. The van der Waals surface area contributed by atoms with Gasteiger partial charge in [-0.05, 0) is 43.5 Å². The Hall–Kier alpha value is -2.67. The van der Waals surface area contributed by atoms with Gasteiger partial charge in [0.05, 0.1) is 13.7 Å². The molecule has 0 aromatic carbocycles. The molecular weight excluding hydrogens is 332 g/mol. The summed E-state index contributed by atoms with van der Waals surface area (Å²) in [5.41, 5.74) is 0.489. The summed E-state index contributed by atoms with van der Waals surface area (Å²) in [5.74, 6) is -0.824. The van der Waals surface area contributed by atoms with Crippen LogP contribution in [-0.2, 0) is 19.1 Å². The number of carbonyl (C=O) groups is 3. The molecule has 126 valence electrons. The maximum absolute atomic E-state index is 11.8. The predicted molar refractivity (Wildman–Crippen MR) is 88.7 cm³/mol. The van der Waals surface area contributed by atoms with Gasteiger partial charge >= 0.3 is 11.9 Å². The number of esters is 2. The van der Waals surface area contributed by atoms with E-state index in [1.54, 1.807) is 30.5 Å². The maximum Gasteiger partial charge on any atom is 0.348 e. The number of thiophene rings is 1. The number of furan rings is 1. The molecule has 0 aliphatic carbocycles. The summed E-state index contributed by atoms with van der Waals surface area (Å²) in [7, 11) is 1.31. The lowest BCUT2D eigenvalue weighted by Gasteiger charge is -2.02. The fourth-order valence-electron chi connectivity index (χ4n) is 1.98. The highest BCUT2D eigenvalue weighted by Crippen LogP contribution is 2.31. The molecule has 0 N–H and O–H groups in total. The normalized spacial score (nSPS) is 11.2. The summed E-state index contributed by atoms with van der Waals surface area (Å²) >= 11 is 1.24. The number of carbonyl (C=O) groups excluding carboxylic acids is 3. The van der Waals surface area contributed by atoms with Crippen molar-refractivity contribution in [3.8, 4) is 11.3 Å². The second-order valence-corrected chi connectivity index (χ2v) is 5.61. The van der Waals surface area contributed by atoms with E-state index in [-0.39, 0.29) is 12.2 Å². The first-order valence-corrected chi connectivity index (χ1v) is 8.01. The molecule has 24 heavy (non-hydrogen) atoms. The molecule has 0 fully saturated rings. The molecule has 0 bridgehead atoms.